The number of halogens is 2. The number of hydrogen-bond donors (Lipinski definition) is 3. The van der Waals surface area contributed by atoms with Crippen molar-refractivity contribution in [2.45, 2.75) is 31.3 Å². The van der Waals surface area contributed by atoms with Gasteiger partial charge in [0, 0.05) is 55.3 Å². The van der Waals surface area contributed by atoms with Crippen molar-refractivity contribution in [3.63, 3.8) is 0 Å². The molecule has 0 aromatic heterocycles. The van der Waals surface area contributed by atoms with E-state index in [0.717, 1.165) is 49.7 Å². The molecule has 1 aromatic rings. The van der Waals surface area contributed by atoms with Gasteiger partial charge < -0.3 is 16.0 Å². The highest BCUT2D eigenvalue weighted by atomic mass is 35.5. The number of likely N-dealkylation sites (tertiary alicyclic amines) is 1. The summed E-state index contributed by atoms with van der Waals surface area (Å²) < 4.78 is 0. The molecule has 0 aliphatic carbocycles. The summed E-state index contributed by atoms with van der Waals surface area (Å²) in [4.78, 5) is 26.5. The van der Waals surface area contributed by atoms with Gasteiger partial charge in [-0.3, -0.25) is 14.5 Å². The molecule has 0 bridgehead atoms. The third-order valence-electron chi connectivity index (χ3n) is 4.81. The lowest BCUT2D eigenvalue weighted by atomic mass is 10.0. The lowest BCUT2D eigenvalue weighted by molar-refractivity contribution is -0.123. The Bertz CT molecular complexity index is 595. The predicted octanol–water partition coefficient (Wildman–Crippen LogP) is 2.14. The van der Waals surface area contributed by atoms with Crippen LogP contribution in [0.3, 0.4) is 0 Å². The summed E-state index contributed by atoms with van der Waals surface area (Å²) in [6.45, 7) is 3.07. The number of para-hydroxylation sites is 1. The van der Waals surface area contributed by atoms with Gasteiger partial charge in [0.15, 0.2) is 0 Å². The first-order valence-corrected chi connectivity index (χ1v) is 10.5. The minimum Gasteiger partial charge on any atom is -0.353 e. The molecule has 2 amide bonds. The van der Waals surface area contributed by atoms with Crippen LogP contribution in [0, 0.1) is 0 Å². The molecule has 0 saturated carbocycles. The number of carbonyl (C=O) groups is 2. The van der Waals surface area contributed by atoms with Crippen molar-refractivity contribution in [1.29, 1.82) is 0 Å². The quantitative estimate of drug-likeness (QED) is 0.621. The Balaban J connectivity index is 0.00000196. The van der Waals surface area contributed by atoms with E-state index in [0.29, 0.717) is 19.0 Å². The molecule has 2 aliphatic heterocycles. The second kappa shape index (κ2) is 13.3. The van der Waals surface area contributed by atoms with Crippen LogP contribution in [0.2, 0.25) is 0 Å². The van der Waals surface area contributed by atoms with Gasteiger partial charge in [-0.05, 0) is 25.0 Å². The molecule has 1 aromatic carbocycles. The van der Waals surface area contributed by atoms with Crippen LogP contribution >= 0.6 is 36.6 Å². The van der Waals surface area contributed by atoms with Gasteiger partial charge in [0.1, 0.15) is 0 Å². The molecule has 9 heteroatoms. The maximum atomic E-state index is 12.2. The first-order chi connectivity index (χ1) is 12.7. The van der Waals surface area contributed by atoms with Gasteiger partial charge in [-0.25, -0.2) is 0 Å². The summed E-state index contributed by atoms with van der Waals surface area (Å²) in [7, 11) is 0. The average molecular weight is 449 g/mol. The number of nitrogens with zero attached hydrogens (tertiary/aromatic N) is 1. The fraction of sp³-hybridized carbons (Fsp3) is 0.579. The minimum atomic E-state index is 0. The molecule has 2 heterocycles. The van der Waals surface area contributed by atoms with E-state index >= 15 is 0 Å². The van der Waals surface area contributed by atoms with Crippen molar-refractivity contribution in [2.75, 3.05) is 43.0 Å². The van der Waals surface area contributed by atoms with E-state index in [1.807, 2.05) is 42.1 Å². The van der Waals surface area contributed by atoms with Crippen molar-refractivity contribution < 1.29 is 9.59 Å². The molecule has 1 unspecified atom stereocenters. The smallest absolute Gasteiger partial charge is 0.238 e. The Morgan fingerprint density at radius 3 is 2.46 bits per heavy atom. The molecule has 1 atom stereocenters. The zero-order chi connectivity index (χ0) is 18.2. The van der Waals surface area contributed by atoms with E-state index in [1.54, 1.807) is 0 Å². The third-order valence-corrected chi connectivity index (χ3v) is 5.94. The van der Waals surface area contributed by atoms with Gasteiger partial charge in [0.2, 0.25) is 11.8 Å². The number of carbonyl (C=O) groups excluding carboxylic acids is 2. The van der Waals surface area contributed by atoms with Gasteiger partial charge in [0.05, 0.1) is 6.54 Å². The number of benzene rings is 1. The lowest BCUT2D eigenvalue weighted by Crippen LogP contribution is -2.48. The largest absolute Gasteiger partial charge is 0.353 e. The molecular formula is C19H30Cl2N4O2S. The molecule has 2 saturated heterocycles. The molecule has 2 aliphatic rings. The highest BCUT2D eigenvalue weighted by Gasteiger charge is 2.23. The summed E-state index contributed by atoms with van der Waals surface area (Å²) in [5.41, 5.74) is 0.828. The highest BCUT2D eigenvalue weighted by molar-refractivity contribution is 7.99. The van der Waals surface area contributed by atoms with Gasteiger partial charge in [-0.2, -0.15) is 11.8 Å². The van der Waals surface area contributed by atoms with Crippen LogP contribution in [0.25, 0.3) is 0 Å². The standard InChI is InChI=1S/C19H28N4O2S.2ClH/c24-18(12-17-14-26-11-8-20-17)21-16-6-9-23(10-7-16)13-19(25)22-15-4-2-1-3-5-15;;/h1-5,16-17,20H,6-14H2,(H,21,24)(H,22,25);2*1H. The number of anilines is 1. The zero-order valence-electron chi connectivity index (χ0n) is 15.9. The predicted molar refractivity (Wildman–Crippen MR) is 121 cm³/mol. The Labute approximate surface area is 183 Å². The van der Waals surface area contributed by atoms with E-state index in [-0.39, 0.29) is 42.7 Å². The number of piperidine rings is 1. The van der Waals surface area contributed by atoms with Crippen molar-refractivity contribution in [3.05, 3.63) is 30.3 Å². The van der Waals surface area contributed by atoms with E-state index in [9.17, 15) is 9.59 Å². The Morgan fingerprint density at radius 2 is 1.82 bits per heavy atom. The van der Waals surface area contributed by atoms with Crippen molar-refractivity contribution >= 4 is 54.1 Å². The van der Waals surface area contributed by atoms with E-state index in [4.69, 9.17) is 0 Å². The summed E-state index contributed by atoms with van der Waals surface area (Å²) in [5, 5.41) is 9.48. The van der Waals surface area contributed by atoms with Crippen LogP contribution < -0.4 is 16.0 Å². The van der Waals surface area contributed by atoms with Gasteiger partial charge in [-0.15, -0.1) is 24.8 Å². The molecule has 3 rings (SSSR count). The number of nitrogens with one attached hydrogen (secondary N) is 3. The zero-order valence-corrected chi connectivity index (χ0v) is 18.3. The van der Waals surface area contributed by atoms with Crippen LogP contribution in [-0.2, 0) is 9.59 Å². The van der Waals surface area contributed by atoms with Crippen LogP contribution in [-0.4, -0.2) is 66.5 Å². The topological polar surface area (TPSA) is 73.5 Å². The van der Waals surface area contributed by atoms with E-state index < -0.39 is 0 Å². The lowest BCUT2D eigenvalue weighted by Gasteiger charge is -2.32. The number of rotatable bonds is 6. The van der Waals surface area contributed by atoms with Crippen LogP contribution in [0.1, 0.15) is 19.3 Å². The van der Waals surface area contributed by atoms with Crippen molar-refractivity contribution in [3.8, 4) is 0 Å². The highest BCUT2D eigenvalue weighted by Crippen LogP contribution is 2.13. The van der Waals surface area contributed by atoms with Crippen molar-refractivity contribution in [2.24, 2.45) is 0 Å². The number of hydrogen-bond acceptors (Lipinski definition) is 5. The minimum absolute atomic E-state index is 0. The summed E-state index contributed by atoms with van der Waals surface area (Å²) in [6, 6.07) is 10.1. The Kier molecular flexibility index (Phi) is 11.9. The molecular weight excluding hydrogens is 419 g/mol. The number of amides is 2. The second-order valence-corrected chi connectivity index (χ2v) is 8.11. The second-order valence-electron chi connectivity index (χ2n) is 6.96. The van der Waals surface area contributed by atoms with Gasteiger partial charge >= 0.3 is 0 Å². The van der Waals surface area contributed by atoms with Gasteiger partial charge in [0.25, 0.3) is 0 Å². The summed E-state index contributed by atoms with van der Waals surface area (Å²) in [6.07, 6.45) is 2.36. The monoisotopic (exact) mass is 448 g/mol. The van der Waals surface area contributed by atoms with E-state index in [1.165, 1.54) is 0 Å². The molecule has 158 valence electrons. The van der Waals surface area contributed by atoms with Crippen LogP contribution in [0.4, 0.5) is 5.69 Å². The molecule has 0 radical (unpaired) electrons. The fourth-order valence-electron chi connectivity index (χ4n) is 3.42. The molecule has 28 heavy (non-hydrogen) atoms. The first kappa shape index (κ1) is 25.0. The molecule has 6 nitrogen and oxygen atoms in total. The summed E-state index contributed by atoms with van der Waals surface area (Å²) in [5.74, 6) is 2.31. The molecule has 2 fully saturated rings. The number of thioether (sulfide) groups is 1. The Hall–Kier alpha value is -0.990. The molecule has 3 N–H and O–H groups in total. The molecule has 0 spiro atoms. The Morgan fingerprint density at radius 1 is 1.11 bits per heavy atom. The van der Waals surface area contributed by atoms with Crippen molar-refractivity contribution in [1.82, 2.24) is 15.5 Å². The van der Waals surface area contributed by atoms with Gasteiger partial charge in [-0.1, -0.05) is 18.2 Å². The third kappa shape index (κ3) is 8.57. The SMILES string of the molecule is Cl.Cl.O=C(CN1CCC(NC(=O)CC2CSCCN2)CC1)Nc1ccccc1. The average Bonchev–Trinajstić information content (AvgIpc) is 2.65. The van der Waals surface area contributed by atoms with Crippen LogP contribution in [0.15, 0.2) is 30.3 Å². The maximum Gasteiger partial charge on any atom is 0.238 e. The normalized spacial score (nSPS) is 20.4. The maximum absolute atomic E-state index is 12.2. The van der Waals surface area contributed by atoms with E-state index in [2.05, 4.69) is 20.9 Å². The fourth-order valence-corrected chi connectivity index (χ4v) is 4.37. The first-order valence-electron chi connectivity index (χ1n) is 9.37. The summed E-state index contributed by atoms with van der Waals surface area (Å²) >= 11 is 1.91. The van der Waals surface area contributed by atoms with Crippen LogP contribution in [0.5, 0.6) is 0 Å².